The number of halogens is 1. The number of benzene rings is 2. The molecule has 1 fully saturated rings. The molecule has 180 valence electrons. The molecule has 8 nitrogen and oxygen atoms in total. The van der Waals surface area contributed by atoms with Gasteiger partial charge in [-0.2, -0.15) is 5.26 Å². The third-order valence-electron chi connectivity index (χ3n) is 5.35. The van der Waals surface area contributed by atoms with E-state index in [2.05, 4.69) is 24.2 Å². The standard InChI is InChI=1S/C13H12FNO.C12H20N6/c1-15-11-3-2-4-13(9-11)16-12-7-5-10(14)6-8-12;1-8-3-5-18(6-4-8)12(17-16)10(11(14)15)9(2)7-13/h2-9,15H,1H3;8,17H,2-6,16H2,1H3,(H3,14,15)/b;12-10+. The molecule has 3 rings (SSSR count). The number of hydrogen-bond acceptors (Lipinski definition) is 7. The van der Waals surface area contributed by atoms with E-state index in [1.54, 1.807) is 12.1 Å². The number of rotatable bonds is 7. The SMILES string of the molecule is C=C(C#N)/C(C(=N)N)=C(/NN)N1CCC(C)CC1.CNc1cccc(Oc2ccc(F)cc2)c1. The Bertz CT molecular complexity index is 1050. The molecule has 1 aliphatic heterocycles. The van der Waals surface area contributed by atoms with E-state index >= 15 is 0 Å². The molecule has 0 amide bonds. The first-order valence-corrected chi connectivity index (χ1v) is 10.9. The fraction of sp³-hybridized carbons (Fsp3) is 0.280. The minimum absolute atomic E-state index is 0.147. The molecule has 34 heavy (non-hydrogen) atoms. The van der Waals surface area contributed by atoms with Crippen LogP contribution in [-0.4, -0.2) is 30.9 Å². The molecule has 2 aromatic carbocycles. The molecule has 1 heterocycles. The Morgan fingerprint density at radius 2 is 1.85 bits per heavy atom. The number of nitriles is 1. The molecule has 0 aliphatic carbocycles. The lowest BCUT2D eigenvalue weighted by molar-refractivity contribution is 0.224. The Morgan fingerprint density at radius 1 is 1.21 bits per heavy atom. The molecule has 2 aromatic rings. The molecule has 0 spiro atoms. The van der Waals surface area contributed by atoms with E-state index in [-0.39, 0.29) is 22.8 Å². The highest BCUT2D eigenvalue weighted by atomic mass is 19.1. The molecule has 0 bridgehead atoms. The highest BCUT2D eigenvalue weighted by molar-refractivity contribution is 6.00. The van der Waals surface area contributed by atoms with Crippen LogP contribution in [0.5, 0.6) is 11.5 Å². The van der Waals surface area contributed by atoms with Gasteiger partial charge < -0.3 is 26.1 Å². The topological polar surface area (TPSA) is 136 Å². The first-order chi connectivity index (χ1) is 16.3. The van der Waals surface area contributed by atoms with Crippen LogP contribution in [0, 0.1) is 28.5 Å². The van der Waals surface area contributed by atoms with E-state index in [9.17, 15) is 4.39 Å². The second kappa shape index (κ2) is 12.9. The van der Waals surface area contributed by atoms with Crippen molar-refractivity contribution in [2.45, 2.75) is 19.8 Å². The fourth-order valence-corrected chi connectivity index (χ4v) is 3.40. The molecule has 0 radical (unpaired) electrons. The molecule has 0 saturated carbocycles. The first kappa shape index (κ1) is 26.2. The molecule has 9 heteroatoms. The van der Waals surface area contributed by atoms with Gasteiger partial charge in [0.1, 0.15) is 29.0 Å². The van der Waals surface area contributed by atoms with Gasteiger partial charge in [-0.15, -0.1) is 0 Å². The lowest BCUT2D eigenvalue weighted by Crippen LogP contribution is -2.42. The fourth-order valence-electron chi connectivity index (χ4n) is 3.40. The molecular weight excluding hydrogens is 433 g/mol. The maximum Gasteiger partial charge on any atom is 0.129 e. The van der Waals surface area contributed by atoms with Gasteiger partial charge in [0.05, 0.1) is 17.2 Å². The smallest absolute Gasteiger partial charge is 0.129 e. The summed E-state index contributed by atoms with van der Waals surface area (Å²) in [4.78, 5) is 2.01. The average Bonchev–Trinajstić information content (AvgIpc) is 2.84. The van der Waals surface area contributed by atoms with E-state index < -0.39 is 0 Å². The van der Waals surface area contributed by atoms with Gasteiger partial charge in [-0.3, -0.25) is 5.41 Å². The Morgan fingerprint density at radius 3 is 2.38 bits per heavy atom. The number of anilines is 1. The van der Waals surface area contributed by atoms with Gasteiger partial charge >= 0.3 is 0 Å². The van der Waals surface area contributed by atoms with Crippen molar-refractivity contribution in [2.24, 2.45) is 17.5 Å². The van der Waals surface area contributed by atoms with Crippen molar-refractivity contribution in [2.75, 3.05) is 25.5 Å². The Balaban J connectivity index is 0.000000241. The summed E-state index contributed by atoms with van der Waals surface area (Å²) in [7, 11) is 1.84. The van der Waals surface area contributed by atoms with Gasteiger partial charge in [-0.05, 0) is 55.2 Å². The van der Waals surface area contributed by atoms with Gasteiger partial charge in [0.2, 0.25) is 0 Å². The number of likely N-dealkylation sites (tertiary alicyclic amines) is 1. The largest absolute Gasteiger partial charge is 0.457 e. The van der Waals surface area contributed by atoms with Crippen LogP contribution >= 0.6 is 0 Å². The summed E-state index contributed by atoms with van der Waals surface area (Å²) in [5.41, 5.74) is 9.48. The predicted octanol–water partition coefficient (Wildman–Crippen LogP) is 4.07. The number of nitrogens with two attached hydrogens (primary N) is 2. The highest BCUT2D eigenvalue weighted by Crippen LogP contribution is 2.24. The summed E-state index contributed by atoms with van der Waals surface area (Å²) in [5.74, 6) is 7.59. The summed E-state index contributed by atoms with van der Waals surface area (Å²) < 4.78 is 18.2. The molecule has 1 aliphatic rings. The lowest BCUT2D eigenvalue weighted by Gasteiger charge is -2.34. The van der Waals surface area contributed by atoms with E-state index in [0.29, 0.717) is 17.5 Å². The number of hydrogen-bond donors (Lipinski definition) is 5. The Hall–Kier alpha value is -4.03. The van der Waals surface area contributed by atoms with Crippen molar-refractivity contribution >= 4 is 11.5 Å². The molecule has 0 aromatic heterocycles. The number of piperidine rings is 1. The van der Waals surface area contributed by atoms with Gasteiger partial charge in [0.15, 0.2) is 0 Å². The second-order valence-corrected chi connectivity index (χ2v) is 7.88. The van der Waals surface area contributed by atoms with E-state index in [1.807, 2.05) is 42.3 Å². The van der Waals surface area contributed by atoms with E-state index in [0.717, 1.165) is 37.4 Å². The van der Waals surface area contributed by atoms with Crippen molar-refractivity contribution < 1.29 is 9.13 Å². The van der Waals surface area contributed by atoms with Crippen LogP contribution in [0.1, 0.15) is 19.8 Å². The van der Waals surface area contributed by atoms with Crippen molar-refractivity contribution in [1.82, 2.24) is 10.3 Å². The second-order valence-electron chi connectivity index (χ2n) is 7.88. The normalized spacial score (nSPS) is 14.0. The van der Waals surface area contributed by atoms with Crippen molar-refractivity contribution in [1.29, 1.82) is 10.7 Å². The summed E-state index contributed by atoms with van der Waals surface area (Å²) >= 11 is 0. The van der Waals surface area contributed by atoms with Crippen LogP contribution in [0.3, 0.4) is 0 Å². The summed E-state index contributed by atoms with van der Waals surface area (Å²) in [5, 5.41) is 19.5. The van der Waals surface area contributed by atoms with E-state index in [4.69, 9.17) is 27.0 Å². The summed E-state index contributed by atoms with van der Waals surface area (Å²) in [6, 6.07) is 15.4. The Kier molecular flexibility index (Phi) is 9.92. The molecule has 1 saturated heterocycles. The van der Waals surface area contributed by atoms with Crippen LogP contribution < -0.4 is 27.1 Å². The zero-order valence-corrected chi connectivity index (χ0v) is 19.6. The van der Waals surface area contributed by atoms with Gasteiger partial charge in [0.25, 0.3) is 0 Å². The monoisotopic (exact) mass is 465 g/mol. The van der Waals surface area contributed by atoms with E-state index in [1.165, 1.54) is 12.1 Å². The molecular formula is C25H32FN7O. The third kappa shape index (κ3) is 7.53. The minimum Gasteiger partial charge on any atom is -0.457 e. The number of ether oxygens (including phenoxy) is 1. The van der Waals surface area contributed by atoms with Crippen molar-refractivity contribution in [3.8, 4) is 17.6 Å². The number of nitrogens with one attached hydrogen (secondary N) is 3. The predicted molar refractivity (Wildman–Crippen MR) is 133 cm³/mol. The molecule has 7 N–H and O–H groups in total. The molecule has 0 atom stereocenters. The number of nitrogens with zero attached hydrogens (tertiary/aromatic N) is 2. The van der Waals surface area contributed by atoms with Crippen LogP contribution in [0.15, 0.2) is 72.1 Å². The van der Waals surface area contributed by atoms with Gasteiger partial charge in [-0.25, -0.2) is 10.2 Å². The first-order valence-electron chi connectivity index (χ1n) is 10.9. The number of hydrazine groups is 1. The maximum atomic E-state index is 12.7. The molecule has 0 unspecified atom stereocenters. The van der Waals surface area contributed by atoms with Crippen LogP contribution in [0.2, 0.25) is 0 Å². The van der Waals surface area contributed by atoms with Crippen LogP contribution in [0.4, 0.5) is 10.1 Å². The zero-order valence-electron chi connectivity index (χ0n) is 19.6. The van der Waals surface area contributed by atoms with Gasteiger partial charge in [-0.1, -0.05) is 19.6 Å². The van der Waals surface area contributed by atoms with Gasteiger partial charge in [0, 0.05) is 31.9 Å². The highest BCUT2D eigenvalue weighted by Gasteiger charge is 2.22. The zero-order chi connectivity index (χ0) is 25.1. The average molecular weight is 466 g/mol. The Labute approximate surface area is 200 Å². The maximum absolute atomic E-state index is 12.7. The van der Waals surface area contributed by atoms with Crippen molar-refractivity contribution in [3.63, 3.8) is 0 Å². The van der Waals surface area contributed by atoms with Crippen LogP contribution in [-0.2, 0) is 0 Å². The third-order valence-corrected chi connectivity index (χ3v) is 5.35. The van der Waals surface area contributed by atoms with Crippen LogP contribution in [0.25, 0.3) is 0 Å². The summed E-state index contributed by atoms with van der Waals surface area (Å²) in [6.45, 7) is 7.48. The quantitative estimate of drug-likeness (QED) is 0.104. The minimum atomic E-state index is -0.267. The van der Waals surface area contributed by atoms with Crippen molar-refractivity contribution in [3.05, 3.63) is 77.9 Å². The number of amidine groups is 1. The summed E-state index contributed by atoms with van der Waals surface area (Å²) in [6.07, 6.45) is 2.10. The lowest BCUT2D eigenvalue weighted by atomic mass is 9.98.